The summed E-state index contributed by atoms with van der Waals surface area (Å²) in [6.45, 7) is 0.409. The molecule has 1 amide bonds. The Bertz CT molecular complexity index is 1240. The highest BCUT2D eigenvalue weighted by Gasteiger charge is 2.34. The van der Waals surface area contributed by atoms with E-state index in [0.717, 1.165) is 11.3 Å². The van der Waals surface area contributed by atoms with E-state index in [-0.39, 0.29) is 22.3 Å². The summed E-state index contributed by atoms with van der Waals surface area (Å²) in [7, 11) is -3.70. The zero-order valence-corrected chi connectivity index (χ0v) is 18.5. The number of nitrogens with zero attached hydrogens (tertiary/aromatic N) is 3. The Balaban J connectivity index is 1.48. The summed E-state index contributed by atoms with van der Waals surface area (Å²) in [5, 5.41) is 13.9. The Hall–Kier alpha value is -2.12. The van der Waals surface area contributed by atoms with Crippen LogP contribution in [0.4, 0.5) is 10.8 Å². The Morgan fingerprint density at radius 2 is 2.10 bits per heavy atom. The quantitative estimate of drug-likeness (QED) is 0.430. The van der Waals surface area contributed by atoms with Gasteiger partial charge in [-0.05, 0) is 31.0 Å². The number of halogens is 1. The SMILES string of the molecule is O=C(Nc1nc2cc([N+](=O)[O-])ccc2s1)C1CCCN(S(=O)(=O)c2ccc(Cl)s2)C1. The highest BCUT2D eigenvalue weighted by molar-refractivity contribution is 7.91. The molecule has 0 saturated carbocycles. The van der Waals surface area contributed by atoms with Gasteiger partial charge in [0.25, 0.3) is 15.7 Å². The lowest BCUT2D eigenvalue weighted by molar-refractivity contribution is -0.384. The van der Waals surface area contributed by atoms with Gasteiger partial charge >= 0.3 is 0 Å². The lowest BCUT2D eigenvalue weighted by Crippen LogP contribution is -2.43. The maximum atomic E-state index is 12.8. The van der Waals surface area contributed by atoms with Gasteiger partial charge in [0.15, 0.2) is 5.13 Å². The second-order valence-electron chi connectivity index (χ2n) is 6.68. The standard InChI is InChI=1S/C17H15ClN4O5S3/c18-14-5-6-15(29-14)30(26,27)21-7-1-2-10(9-21)16(23)20-17-19-12-8-11(22(24)25)3-4-13(12)28-17/h3-6,8,10H,1-2,7,9H2,(H,19,20,23). The molecule has 0 aliphatic carbocycles. The molecule has 30 heavy (non-hydrogen) atoms. The van der Waals surface area contributed by atoms with E-state index in [4.69, 9.17) is 11.6 Å². The summed E-state index contributed by atoms with van der Waals surface area (Å²) in [5.74, 6) is -0.849. The summed E-state index contributed by atoms with van der Waals surface area (Å²) in [5.41, 5.74) is 0.347. The number of sulfonamides is 1. The molecule has 13 heteroatoms. The number of amides is 1. The smallest absolute Gasteiger partial charge is 0.271 e. The minimum absolute atomic E-state index is 0.0695. The van der Waals surface area contributed by atoms with Gasteiger partial charge < -0.3 is 5.32 Å². The fraction of sp³-hybridized carbons (Fsp3) is 0.294. The number of aromatic nitrogens is 1. The molecule has 3 aromatic rings. The van der Waals surface area contributed by atoms with E-state index in [1.54, 1.807) is 6.07 Å². The largest absolute Gasteiger partial charge is 0.302 e. The first-order chi connectivity index (χ1) is 14.2. The molecular weight excluding hydrogens is 472 g/mol. The van der Waals surface area contributed by atoms with Crippen LogP contribution in [0, 0.1) is 16.0 Å². The lowest BCUT2D eigenvalue weighted by atomic mass is 9.99. The van der Waals surface area contributed by atoms with Crippen molar-refractivity contribution in [3.8, 4) is 0 Å². The van der Waals surface area contributed by atoms with Gasteiger partial charge in [-0.15, -0.1) is 11.3 Å². The average Bonchev–Trinajstić information content (AvgIpc) is 3.33. The van der Waals surface area contributed by atoms with Crippen LogP contribution in [0.15, 0.2) is 34.5 Å². The topological polar surface area (TPSA) is 123 Å². The molecule has 1 aromatic carbocycles. The van der Waals surface area contributed by atoms with Crippen molar-refractivity contribution in [1.82, 2.24) is 9.29 Å². The van der Waals surface area contributed by atoms with E-state index in [2.05, 4.69) is 10.3 Å². The summed E-state index contributed by atoms with van der Waals surface area (Å²) >= 11 is 8.05. The van der Waals surface area contributed by atoms with Crippen LogP contribution in [0.1, 0.15) is 12.8 Å². The maximum absolute atomic E-state index is 12.8. The summed E-state index contributed by atoms with van der Waals surface area (Å²) in [6, 6.07) is 7.31. The van der Waals surface area contributed by atoms with Crippen molar-refractivity contribution >= 4 is 71.2 Å². The molecule has 9 nitrogen and oxygen atoms in total. The zero-order chi connectivity index (χ0) is 21.5. The molecule has 1 fully saturated rings. The number of carbonyl (C=O) groups is 1. The van der Waals surface area contributed by atoms with E-state index >= 15 is 0 Å². The third-order valence-electron chi connectivity index (χ3n) is 4.71. The van der Waals surface area contributed by atoms with Gasteiger partial charge in [0, 0.05) is 25.2 Å². The molecule has 3 heterocycles. The van der Waals surface area contributed by atoms with E-state index in [1.165, 1.54) is 39.9 Å². The van der Waals surface area contributed by atoms with Gasteiger partial charge in [-0.1, -0.05) is 22.9 Å². The molecule has 1 aliphatic rings. The van der Waals surface area contributed by atoms with Gasteiger partial charge in [0.1, 0.15) is 4.21 Å². The summed E-state index contributed by atoms with van der Waals surface area (Å²) in [6.07, 6.45) is 1.11. The minimum atomic E-state index is -3.70. The third-order valence-corrected chi connectivity index (χ3v) is 9.23. The Labute approximate surface area is 184 Å². The number of piperidine rings is 1. The Morgan fingerprint density at radius 1 is 1.30 bits per heavy atom. The van der Waals surface area contributed by atoms with Crippen molar-refractivity contribution in [3.63, 3.8) is 0 Å². The van der Waals surface area contributed by atoms with Crippen LogP contribution in [0.5, 0.6) is 0 Å². The van der Waals surface area contributed by atoms with Crippen LogP contribution in [0.25, 0.3) is 10.2 Å². The average molecular weight is 487 g/mol. The van der Waals surface area contributed by atoms with Gasteiger partial charge in [-0.3, -0.25) is 14.9 Å². The van der Waals surface area contributed by atoms with Crippen LogP contribution in [-0.4, -0.2) is 41.6 Å². The van der Waals surface area contributed by atoms with Crippen LogP contribution < -0.4 is 5.32 Å². The van der Waals surface area contributed by atoms with Crippen LogP contribution in [0.3, 0.4) is 0 Å². The van der Waals surface area contributed by atoms with E-state index in [9.17, 15) is 23.3 Å². The first-order valence-corrected chi connectivity index (χ1v) is 12.3. The molecule has 0 spiro atoms. The molecule has 0 bridgehead atoms. The monoisotopic (exact) mass is 486 g/mol. The number of nitro benzene ring substituents is 1. The van der Waals surface area contributed by atoms with Crippen molar-refractivity contribution in [3.05, 3.63) is 44.8 Å². The number of rotatable bonds is 5. The molecule has 1 saturated heterocycles. The number of non-ortho nitro benzene ring substituents is 1. The fourth-order valence-electron chi connectivity index (χ4n) is 3.23. The number of nitrogens with one attached hydrogen (secondary N) is 1. The number of nitro groups is 1. The van der Waals surface area contributed by atoms with Crippen molar-refractivity contribution < 1.29 is 18.1 Å². The van der Waals surface area contributed by atoms with Gasteiger partial charge in [-0.25, -0.2) is 13.4 Å². The van der Waals surface area contributed by atoms with E-state index in [1.807, 2.05) is 0 Å². The molecule has 4 rings (SSSR count). The second-order valence-corrected chi connectivity index (χ2v) is 11.6. The minimum Gasteiger partial charge on any atom is -0.302 e. The van der Waals surface area contributed by atoms with Crippen LogP contribution in [0.2, 0.25) is 4.34 Å². The zero-order valence-electron chi connectivity index (χ0n) is 15.3. The predicted octanol–water partition coefficient (Wildman–Crippen LogP) is 3.96. The number of thiophene rings is 1. The number of thiazole rings is 1. The Kier molecular flexibility index (Phi) is 5.77. The van der Waals surface area contributed by atoms with Crippen molar-refractivity contribution in [2.75, 3.05) is 18.4 Å². The Morgan fingerprint density at radius 3 is 2.80 bits per heavy atom. The maximum Gasteiger partial charge on any atom is 0.271 e. The molecule has 1 aliphatic heterocycles. The predicted molar refractivity (Wildman–Crippen MR) is 116 cm³/mol. The van der Waals surface area contributed by atoms with Crippen LogP contribution >= 0.6 is 34.3 Å². The van der Waals surface area contributed by atoms with E-state index in [0.29, 0.717) is 39.1 Å². The normalized spacial score (nSPS) is 17.8. The lowest BCUT2D eigenvalue weighted by Gasteiger charge is -2.30. The van der Waals surface area contributed by atoms with E-state index < -0.39 is 20.9 Å². The van der Waals surface area contributed by atoms with Crippen molar-refractivity contribution in [2.45, 2.75) is 17.1 Å². The first kappa shape index (κ1) is 21.1. The summed E-state index contributed by atoms with van der Waals surface area (Å²) < 4.78 is 28.2. The number of benzene rings is 1. The van der Waals surface area contributed by atoms with Crippen molar-refractivity contribution in [2.24, 2.45) is 5.92 Å². The van der Waals surface area contributed by atoms with Gasteiger partial charge in [0.05, 0.1) is 25.4 Å². The van der Waals surface area contributed by atoms with Crippen molar-refractivity contribution in [1.29, 1.82) is 0 Å². The molecule has 2 aromatic heterocycles. The second kappa shape index (κ2) is 8.19. The fourth-order valence-corrected chi connectivity index (χ4v) is 7.24. The summed E-state index contributed by atoms with van der Waals surface area (Å²) in [4.78, 5) is 27.4. The molecule has 1 N–H and O–H groups in total. The van der Waals surface area contributed by atoms with Crippen LogP contribution in [-0.2, 0) is 14.8 Å². The highest BCUT2D eigenvalue weighted by Crippen LogP contribution is 2.32. The molecular formula is C17H15ClN4O5S3. The number of anilines is 1. The third kappa shape index (κ3) is 4.18. The number of carbonyl (C=O) groups excluding carboxylic acids is 1. The number of fused-ring (bicyclic) bond motifs is 1. The number of hydrogen-bond donors (Lipinski definition) is 1. The molecule has 1 unspecified atom stereocenters. The van der Waals surface area contributed by atoms with Gasteiger partial charge in [0.2, 0.25) is 5.91 Å². The highest BCUT2D eigenvalue weighted by atomic mass is 35.5. The first-order valence-electron chi connectivity index (χ1n) is 8.85. The molecule has 1 atom stereocenters. The number of hydrogen-bond acceptors (Lipinski definition) is 8. The van der Waals surface area contributed by atoms with Gasteiger partial charge in [-0.2, -0.15) is 4.31 Å². The molecule has 0 radical (unpaired) electrons. The molecule has 158 valence electrons.